The predicted octanol–water partition coefficient (Wildman–Crippen LogP) is 3.05. The third-order valence-electron chi connectivity index (χ3n) is 3.03. The largest absolute Gasteiger partial charge is 0.398 e. The van der Waals surface area contributed by atoms with Crippen molar-refractivity contribution in [1.29, 1.82) is 0 Å². The van der Waals surface area contributed by atoms with Crippen LogP contribution in [0.5, 0.6) is 0 Å². The highest BCUT2D eigenvalue weighted by atomic mass is 19.1. The van der Waals surface area contributed by atoms with Gasteiger partial charge < -0.3 is 5.73 Å². The summed E-state index contributed by atoms with van der Waals surface area (Å²) < 4.78 is 13.2. The summed E-state index contributed by atoms with van der Waals surface area (Å²) in [4.78, 5) is 0. The average molecular weight is 251 g/mol. The minimum atomic E-state index is -0.286. The fourth-order valence-electron chi connectivity index (χ4n) is 1.99. The lowest BCUT2D eigenvalue weighted by Gasteiger charge is -2.18. The molecule has 0 bridgehead atoms. The normalized spacial score (nSPS) is 12.3. The molecule has 18 heavy (non-hydrogen) atoms. The first-order valence-corrected chi connectivity index (χ1v) is 6.31. The van der Waals surface area contributed by atoms with E-state index in [0.29, 0.717) is 5.69 Å². The van der Waals surface area contributed by atoms with E-state index in [1.807, 2.05) is 6.08 Å². The third-order valence-corrected chi connectivity index (χ3v) is 3.03. The molecule has 100 valence electrons. The van der Waals surface area contributed by atoms with E-state index in [0.717, 1.165) is 37.7 Å². The number of nitrogens with one attached hydrogen (secondary N) is 1. The summed E-state index contributed by atoms with van der Waals surface area (Å²) in [6.07, 6.45) is 7.06. The van der Waals surface area contributed by atoms with Crippen molar-refractivity contribution in [3.05, 3.63) is 42.2 Å². The molecule has 0 amide bonds. The molecule has 0 aromatic heterocycles. The Morgan fingerprint density at radius 3 is 2.78 bits per heavy atom. The average Bonchev–Trinajstić information content (AvgIpc) is 2.37. The molecule has 1 unspecified atom stereocenters. The van der Waals surface area contributed by atoms with Crippen LogP contribution in [0.4, 0.5) is 10.1 Å². The number of nitrogen functional groups attached to an aromatic ring is 1. The molecule has 0 radical (unpaired) electrons. The highest BCUT2D eigenvalue weighted by Gasteiger charge is 2.13. The van der Waals surface area contributed by atoms with Crippen LogP contribution in [-0.4, -0.2) is 0 Å². The van der Waals surface area contributed by atoms with E-state index in [1.165, 1.54) is 12.1 Å². The van der Waals surface area contributed by atoms with E-state index in [2.05, 4.69) is 12.0 Å². The Morgan fingerprint density at radius 1 is 1.33 bits per heavy atom. The van der Waals surface area contributed by atoms with Gasteiger partial charge in [-0.15, -0.1) is 6.58 Å². The summed E-state index contributed by atoms with van der Waals surface area (Å²) in [5.74, 6) is 5.23. The van der Waals surface area contributed by atoms with Gasteiger partial charge in [0.1, 0.15) is 5.82 Å². The monoisotopic (exact) mass is 251 g/mol. The molecule has 0 aliphatic heterocycles. The van der Waals surface area contributed by atoms with Gasteiger partial charge in [-0.1, -0.05) is 18.9 Å². The quantitative estimate of drug-likeness (QED) is 0.219. The number of hydrogen-bond acceptors (Lipinski definition) is 3. The van der Waals surface area contributed by atoms with E-state index >= 15 is 0 Å². The zero-order valence-electron chi connectivity index (χ0n) is 10.7. The van der Waals surface area contributed by atoms with Crippen LogP contribution >= 0.6 is 0 Å². The number of hydrogen-bond donors (Lipinski definition) is 3. The van der Waals surface area contributed by atoms with Crippen molar-refractivity contribution in [2.75, 3.05) is 5.73 Å². The summed E-state index contributed by atoms with van der Waals surface area (Å²) in [7, 11) is 0. The summed E-state index contributed by atoms with van der Waals surface area (Å²) in [6.45, 7) is 3.69. The molecule has 0 aliphatic rings. The maximum Gasteiger partial charge on any atom is 0.123 e. The lowest BCUT2D eigenvalue weighted by atomic mass is 9.99. The van der Waals surface area contributed by atoms with Crippen molar-refractivity contribution in [3.63, 3.8) is 0 Å². The van der Waals surface area contributed by atoms with Gasteiger partial charge in [-0.05, 0) is 43.0 Å². The Labute approximate surface area is 108 Å². The summed E-state index contributed by atoms with van der Waals surface area (Å²) in [5.41, 5.74) is 9.86. The first-order chi connectivity index (χ1) is 8.69. The van der Waals surface area contributed by atoms with Crippen LogP contribution in [0.1, 0.15) is 43.7 Å². The van der Waals surface area contributed by atoms with Crippen molar-refractivity contribution in [3.8, 4) is 0 Å². The highest BCUT2D eigenvalue weighted by molar-refractivity contribution is 5.48. The fourth-order valence-corrected chi connectivity index (χ4v) is 1.99. The van der Waals surface area contributed by atoms with Crippen molar-refractivity contribution in [1.82, 2.24) is 5.43 Å². The first-order valence-electron chi connectivity index (χ1n) is 6.31. The van der Waals surface area contributed by atoms with Gasteiger partial charge in [0.2, 0.25) is 0 Å². The second-order valence-electron chi connectivity index (χ2n) is 4.42. The van der Waals surface area contributed by atoms with Gasteiger partial charge in [-0.3, -0.25) is 11.3 Å². The molecule has 1 aromatic rings. The molecule has 1 rings (SSSR count). The van der Waals surface area contributed by atoms with Crippen molar-refractivity contribution in [2.24, 2.45) is 5.84 Å². The number of unbranched alkanes of at least 4 members (excludes halogenated alkanes) is 3. The van der Waals surface area contributed by atoms with E-state index < -0.39 is 0 Å². The maximum atomic E-state index is 13.2. The number of nitrogens with two attached hydrogens (primary N) is 2. The summed E-state index contributed by atoms with van der Waals surface area (Å²) >= 11 is 0. The van der Waals surface area contributed by atoms with Gasteiger partial charge >= 0.3 is 0 Å². The second-order valence-corrected chi connectivity index (χ2v) is 4.42. The molecule has 0 saturated heterocycles. The van der Waals surface area contributed by atoms with E-state index in [4.69, 9.17) is 11.6 Å². The Hall–Kier alpha value is -1.39. The molecule has 0 heterocycles. The van der Waals surface area contributed by atoms with Crippen molar-refractivity contribution >= 4 is 5.69 Å². The standard InChI is InChI=1S/C14H22FN3/c1-2-3-4-5-6-7-14(18-17)12-10-11(15)8-9-13(12)16/h2,8-10,14,18H,1,3-7,16-17H2. The van der Waals surface area contributed by atoms with E-state index in [1.54, 1.807) is 6.07 Å². The van der Waals surface area contributed by atoms with Crippen molar-refractivity contribution < 1.29 is 4.39 Å². The molecule has 0 saturated carbocycles. The molecule has 0 aliphatic carbocycles. The van der Waals surface area contributed by atoms with Gasteiger partial charge in [0.05, 0.1) is 0 Å². The zero-order valence-corrected chi connectivity index (χ0v) is 10.7. The van der Waals surface area contributed by atoms with Crippen LogP contribution in [0.25, 0.3) is 0 Å². The SMILES string of the molecule is C=CCCCCCC(NN)c1cc(F)ccc1N. The molecule has 0 spiro atoms. The molecule has 4 heteroatoms. The molecule has 1 atom stereocenters. The van der Waals surface area contributed by atoms with Gasteiger partial charge in [0.25, 0.3) is 0 Å². The number of allylic oxidation sites excluding steroid dienone is 1. The number of anilines is 1. The number of benzene rings is 1. The fraction of sp³-hybridized carbons (Fsp3) is 0.429. The minimum Gasteiger partial charge on any atom is -0.398 e. The molecular formula is C14H22FN3. The lowest BCUT2D eigenvalue weighted by molar-refractivity contribution is 0.482. The number of halogens is 1. The minimum absolute atomic E-state index is 0.0931. The summed E-state index contributed by atoms with van der Waals surface area (Å²) in [5, 5.41) is 0. The van der Waals surface area contributed by atoms with E-state index in [-0.39, 0.29) is 11.9 Å². The molecule has 1 aromatic carbocycles. The molecule has 3 nitrogen and oxygen atoms in total. The molecular weight excluding hydrogens is 229 g/mol. The Balaban J connectivity index is 2.54. The predicted molar refractivity (Wildman–Crippen MR) is 74.2 cm³/mol. The molecule has 5 N–H and O–H groups in total. The van der Waals surface area contributed by atoms with Crippen molar-refractivity contribution in [2.45, 2.75) is 38.1 Å². The molecule has 0 fully saturated rings. The number of rotatable bonds is 8. The van der Waals surface area contributed by atoms with Crippen LogP contribution in [0.2, 0.25) is 0 Å². The Morgan fingerprint density at radius 2 is 2.11 bits per heavy atom. The van der Waals surface area contributed by atoms with Gasteiger partial charge in [0, 0.05) is 11.7 Å². The van der Waals surface area contributed by atoms with Crippen LogP contribution in [0.15, 0.2) is 30.9 Å². The Kier molecular flexibility index (Phi) is 6.39. The van der Waals surface area contributed by atoms with Crippen LogP contribution in [-0.2, 0) is 0 Å². The second kappa shape index (κ2) is 7.84. The smallest absolute Gasteiger partial charge is 0.123 e. The summed E-state index contributed by atoms with van der Waals surface area (Å²) in [6, 6.07) is 4.29. The van der Waals surface area contributed by atoms with Crippen LogP contribution < -0.4 is 17.0 Å². The Bertz CT molecular complexity index is 379. The van der Waals surface area contributed by atoms with Gasteiger partial charge in [0.15, 0.2) is 0 Å². The topological polar surface area (TPSA) is 64.1 Å². The van der Waals surface area contributed by atoms with E-state index in [9.17, 15) is 4.39 Å². The first kappa shape index (κ1) is 14.7. The maximum absolute atomic E-state index is 13.2. The van der Waals surface area contributed by atoms with Crippen LogP contribution in [0.3, 0.4) is 0 Å². The van der Waals surface area contributed by atoms with Crippen LogP contribution in [0, 0.1) is 5.82 Å². The van der Waals surface area contributed by atoms with Gasteiger partial charge in [-0.25, -0.2) is 4.39 Å². The highest BCUT2D eigenvalue weighted by Crippen LogP contribution is 2.25. The third kappa shape index (κ3) is 4.47. The number of hydrazine groups is 1. The van der Waals surface area contributed by atoms with Gasteiger partial charge in [-0.2, -0.15) is 0 Å². The zero-order chi connectivity index (χ0) is 13.4. The lowest BCUT2D eigenvalue weighted by Crippen LogP contribution is -2.28.